The highest BCUT2D eigenvalue weighted by Crippen LogP contribution is 2.33. The van der Waals surface area contributed by atoms with Crippen LogP contribution in [0.15, 0.2) is 29.2 Å². The molecular formula is C18H28N2O2S. The standard InChI is InChI=1S/C18H28N2O2S/c1-19-13-15-11-12-20(14-15)23(21,22)18-9-7-17(8-10-18)16-5-3-2-4-6-16/h7-10,15-16,19H,2-6,11-14H2,1H3. The number of benzene rings is 1. The molecule has 2 fully saturated rings. The lowest BCUT2D eigenvalue weighted by molar-refractivity contribution is 0.443. The molecule has 1 saturated carbocycles. The first-order valence-corrected chi connectivity index (χ1v) is 10.3. The van der Waals surface area contributed by atoms with E-state index in [4.69, 9.17) is 0 Å². The van der Waals surface area contributed by atoms with Crippen LogP contribution in [0.2, 0.25) is 0 Å². The summed E-state index contributed by atoms with van der Waals surface area (Å²) in [6.45, 7) is 2.15. The van der Waals surface area contributed by atoms with Gasteiger partial charge >= 0.3 is 0 Å². The van der Waals surface area contributed by atoms with Crippen LogP contribution in [0.25, 0.3) is 0 Å². The topological polar surface area (TPSA) is 49.4 Å². The van der Waals surface area contributed by atoms with Gasteiger partial charge in [0.2, 0.25) is 10.0 Å². The quantitative estimate of drug-likeness (QED) is 0.899. The van der Waals surface area contributed by atoms with Crippen molar-refractivity contribution in [1.29, 1.82) is 0 Å². The summed E-state index contributed by atoms with van der Waals surface area (Å²) in [5.74, 6) is 1.04. The minimum Gasteiger partial charge on any atom is -0.319 e. The zero-order valence-electron chi connectivity index (χ0n) is 14.0. The lowest BCUT2D eigenvalue weighted by Gasteiger charge is -2.22. The number of nitrogens with zero attached hydrogens (tertiary/aromatic N) is 1. The van der Waals surface area contributed by atoms with Crippen molar-refractivity contribution in [1.82, 2.24) is 9.62 Å². The third kappa shape index (κ3) is 3.78. The van der Waals surface area contributed by atoms with E-state index in [1.165, 1.54) is 37.7 Å². The Hall–Kier alpha value is -0.910. The lowest BCUT2D eigenvalue weighted by Crippen LogP contribution is -2.30. The molecule has 1 saturated heterocycles. The van der Waals surface area contributed by atoms with Gasteiger partial charge in [-0.3, -0.25) is 0 Å². The van der Waals surface area contributed by atoms with Gasteiger partial charge in [-0.05, 0) is 62.4 Å². The normalized spacial score (nSPS) is 24.1. The molecule has 0 aromatic heterocycles. The van der Waals surface area contributed by atoms with Crippen LogP contribution >= 0.6 is 0 Å². The fourth-order valence-electron chi connectivity index (χ4n) is 3.97. The van der Waals surface area contributed by atoms with E-state index < -0.39 is 10.0 Å². The van der Waals surface area contributed by atoms with E-state index in [1.807, 2.05) is 31.3 Å². The predicted molar refractivity (Wildman–Crippen MR) is 93.1 cm³/mol. The van der Waals surface area contributed by atoms with E-state index in [-0.39, 0.29) is 0 Å². The summed E-state index contributed by atoms with van der Waals surface area (Å²) in [4.78, 5) is 0.446. The van der Waals surface area contributed by atoms with Gasteiger partial charge in [0.15, 0.2) is 0 Å². The number of nitrogens with one attached hydrogen (secondary N) is 1. The lowest BCUT2D eigenvalue weighted by atomic mass is 9.84. The average Bonchev–Trinajstić information content (AvgIpc) is 3.06. The Morgan fingerprint density at radius 1 is 1.09 bits per heavy atom. The van der Waals surface area contributed by atoms with Crippen LogP contribution in [-0.4, -0.2) is 39.4 Å². The highest BCUT2D eigenvalue weighted by atomic mass is 32.2. The summed E-state index contributed by atoms with van der Waals surface area (Å²) < 4.78 is 27.2. The third-order valence-corrected chi connectivity index (χ3v) is 7.22. The van der Waals surface area contributed by atoms with Crippen LogP contribution in [0.4, 0.5) is 0 Å². The average molecular weight is 337 g/mol. The van der Waals surface area contributed by atoms with Gasteiger partial charge in [-0.1, -0.05) is 31.4 Å². The summed E-state index contributed by atoms with van der Waals surface area (Å²) in [5, 5.41) is 3.14. The molecule has 0 spiro atoms. The van der Waals surface area contributed by atoms with Crippen LogP contribution in [-0.2, 0) is 10.0 Å². The Balaban J connectivity index is 1.70. The van der Waals surface area contributed by atoms with Crippen molar-refractivity contribution in [2.75, 3.05) is 26.7 Å². The Kier molecular flexibility index (Phi) is 5.39. The minimum absolute atomic E-state index is 0.427. The highest BCUT2D eigenvalue weighted by Gasteiger charge is 2.32. The van der Waals surface area contributed by atoms with Crippen LogP contribution in [0.3, 0.4) is 0 Å². The van der Waals surface area contributed by atoms with Gasteiger partial charge in [-0.25, -0.2) is 8.42 Å². The van der Waals surface area contributed by atoms with Crippen LogP contribution < -0.4 is 5.32 Å². The molecular weight excluding hydrogens is 308 g/mol. The van der Waals surface area contributed by atoms with Gasteiger partial charge < -0.3 is 5.32 Å². The fraction of sp³-hybridized carbons (Fsp3) is 0.667. The Morgan fingerprint density at radius 3 is 2.43 bits per heavy atom. The van der Waals surface area contributed by atoms with E-state index >= 15 is 0 Å². The maximum absolute atomic E-state index is 12.8. The van der Waals surface area contributed by atoms with E-state index in [1.54, 1.807) is 4.31 Å². The molecule has 1 aromatic carbocycles. The summed E-state index contributed by atoms with van der Waals surface area (Å²) in [6, 6.07) is 7.68. The van der Waals surface area contributed by atoms with Gasteiger partial charge in [0.1, 0.15) is 0 Å². The molecule has 0 radical (unpaired) electrons. The molecule has 0 amide bonds. The molecule has 5 heteroatoms. The van der Waals surface area contributed by atoms with Crippen molar-refractivity contribution in [2.45, 2.75) is 49.3 Å². The molecule has 1 atom stereocenters. The van der Waals surface area contributed by atoms with E-state index in [0.717, 1.165) is 13.0 Å². The van der Waals surface area contributed by atoms with Gasteiger partial charge in [0.05, 0.1) is 4.90 Å². The molecule has 0 bridgehead atoms. The van der Waals surface area contributed by atoms with Crippen molar-refractivity contribution in [3.63, 3.8) is 0 Å². The molecule has 2 aliphatic rings. The fourth-order valence-corrected chi connectivity index (χ4v) is 5.50. The summed E-state index contributed by atoms with van der Waals surface area (Å²) in [7, 11) is -1.41. The van der Waals surface area contributed by atoms with Gasteiger partial charge in [0, 0.05) is 13.1 Å². The maximum Gasteiger partial charge on any atom is 0.243 e. The van der Waals surface area contributed by atoms with Gasteiger partial charge in [0.25, 0.3) is 0 Å². The summed E-state index contributed by atoms with van der Waals surface area (Å²) >= 11 is 0. The molecule has 1 N–H and O–H groups in total. The van der Waals surface area contributed by atoms with Gasteiger partial charge in [-0.2, -0.15) is 4.31 Å². The molecule has 1 aliphatic heterocycles. The molecule has 1 aliphatic carbocycles. The molecule has 4 nitrogen and oxygen atoms in total. The van der Waals surface area contributed by atoms with Crippen molar-refractivity contribution in [3.8, 4) is 0 Å². The van der Waals surface area contributed by atoms with Crippen molar-refractivity contribution in [2.24, 2.45) is 5.92 Å². The summed E-state index contributed by atoms with van der Waals surface area (Å²) in [5.41, 5.74) is 1.30. The zero-order valence-corrected chi connectivity index (χ0v) is 14.8. The monoisotopic (exact) mass is 336 g/mol. The first-order valence-electron chi connectivity index (χ1n) is 8.86. The molecule has 128 valence electrons. The van der Waals surface area contributed by atoms with Crippen molar-refractivity contribution < 1.29 is 8.42 Å². The summed E-state index contributed by atoms with van der Waals surface area (Å²) in [6.07, 6.45) is 7.36. The Bertz CT molecular complexity index is 606. The second-order valence-corrected chi connectivity index (χ2v) is 8.92. The van der Waals surface area contributed by atoms with E-state index in [2.05, 4.69) is 5.32 Å². The maximum atomic E-state index is 12.8. The Labute approximate surface area is 140 Å². The molecule has 1 unspecified atom stereocenters. The molecule has 3 rings (SSSR count). The smallest absolute Gasteiger partial charge is 0.243 e. The third-order valence-electron chi connectivity index (χ3n) is 5.34. The van der Waals surface area contributed by atoms with Crippen LogP contribution in [0.5, 0.6) is 0 Å². The molecule has 23 heavy (non-hydrogen) atoms. The van der Waals surface area contributed by atoms with Crippen LogP contribution in [0.1, 0.15) is 50.0 Å². The SMILES string of the molecule is CNCC1CCN(S(=O)(=O)c2ccc(C3CCCCC3)cc2)C1. The Morgan fingerprint density at radius 2 is 1.78 bits per heavy atom. The predicted octanol–water partition coefficient (Wildman–Crippen LogP) is 2.96. The van der Waals surface area contributed by atoms with Crippen molar-refractivity contribution >= 4 is 10.0 Å². The second kappa shape index (κ2) is 7.32. The largest absolute Gasteiger partial charge is 0.319 e. The van der Waals surface area contributed by atoms with E-state index in [9.17, 15) is 8.42 Å². The zero-order chi connectivity index (χ0) is 16.3. The second-order valence-electron chi connectivity index (χ2n) is 6.98. The van der Waals surface area contributed by atoms with Crippen molar-refractivity contribution in [3.05, 3.63) is 29.8 Å². The minimum atomic E-state index is -3.33. The molecule has 1 aromatic rings. The highest BCUT2D eigenvalue weighted by molar-refractivity contribution is 7.89. The van der Waals surface area contributed by atoms with Gasteiger partial charge in [-0.15, -0.1) is 0 Å². The first kappa shape index (κ1) is 16.9. The number of hydrogen-bond donors (Lipinski definition) is 1. The first-order chi connectivity index (χ1) is 11.1. The van der Waals surface area contributed by atoms with E-state index in [0.29, 0.717) is 29.8 Å². The number of rotatable bonds is 5. The van der Waals surface area contributed by atoms with Crippen LogP contribution in [0, 0.1) is 5.92 Å². The number of hydrogen-bond acceptors (Lipinski definition) is 3. The molecule has 1 heterocycles. The number of sulfonamides is 1.